The van der Waals surface area contributed by atoms with E-state index < -0.39 is 0 Å². The molecule has 1 aliphatic rings. The number of carbonyl (C=O) groups excluding carboxylic acids is 1. The molecule has 31 heavy (non-hydrogen) atoms. The van der Waals surface area contributed by atoms with Gasteiger partial charge in [-0.15, -0.1) is 10.2 Å². The summed E-state index contributed by atoms with van der Waals surface area (Å²) in [5.74, 6) is 0.504. The molecule has 0 radical (unpaired) electrons. The van der Waals surface area contributed by atoms with E-state index in [1.807, 2.05) is 41.8 Å². The van der Waals surface area contributed by atoms with Crippen molar-refractivity contribution in [1.82, 2.24) is 20.1 Å². The van der Waals surface area contributed by atoms with Crippen LogP contribution in [-0.4, -0.2) is 39.1 Å². The molecule has 1 fully saturated rings. The van der Waals surface area contributed by atoms with Crippen LogP contribution in [0.2, 0.25) is 0 Å². The molecule has 1 amide bonds. The van der Waals surface area contributed by atoms with Crippen molar-refractivity contribution in [3.05, 3.63) is 66.0 Å². The molecule has 1 aliphatic heterocycles. The van der Waals surface area contributed by atoms with E-state index in [0.717, 1.165) is 30.6 Å². The average Bonchev–Trinajstić information content (AvgIpc) is 3.44. The standard InChI is InChI=1S/C23H25FN4O2S/c1-16(17-6-3-2-4-7-17)25-21(29)15-31-23-27-26-22(18-9-11-19(24)12-10-18)28(23)14-20-8-5-13-30-20/h2-4,6-7,9-12,16,20H,5,8,13-15H2,1H3,(H,25,29)/t16-,20+/m1/s1. The Hall–Kier alpha value is -2.71. The van der Waals surface area contributed by atoms with Crippen LogP contribution in [0.1, 0.15) is 31.4 Å². The lowest BCUT2D eigenvalue weighted by Gasteiger charge is -2.16. The molecular weight excluding hydrogens is 415 g/mol. The van der Waals surface area contributed by atoms with Crippen molar-refractivity contribution >= 4 is 17.7 Å². The van der Waals surface area contributed by atoms with Crippen molar-refractivity contribution in [2.24, 2.45) is 0 Å². The van der Waals surface area contributed by atoms with Gasteiger partial charge < -0.3 is 10.1 Å². The zero-order valence-corrected chi connectivity index (χ0v) is 18.1. The molecule has 0 saturated carbocycles. The fourth-order valence-corrected chi connectivity index (χ4v) is 4.36. The fourth-order valence-electron chi connectivity index (χ4n) is 3.60. The minimum atomic E-state index is -0.298. The SMILES string of the molecule is C[C@@H](NC(=O)CSc1nnc(-c2ccc(F)cc2)n1C[C@@H]1CCCO1)c1ccccc1. The van der Waals surface area contributed by atoms with Crippen molar-refractivity contribution in [3.8, 4) is 11.4 Å². The molecule has 0 bridgehead atoms. The van der Waals surface area contributed by atoms with Gasteiger partial charge in [0.1, 0.15) is 5.82 Å². The second kappa shape index (κ2) is 10.1. The second-order valence-corrected chi connectivity index (χ2v) is 8.49. The number of carbonyl (C=O) groups is 1. The largest absolute Gasteiger partial charge is 0.376 e. The first-order valence-corrected chi connectivity index (χ1v) is 11.4. The molecule has 3 aromatic rings. The van der Waals surface area contributed by atoms with E-state index in [1.165, 1.54) is 23.9 Å². The van der Waals surface area contributed by atoms with E-state index in [0.29, 0.717) is 17.5 Å². The van der Waals surface area contributed by atoms with E-state index in [1.54, 1.807) is 12.1 Å². The van der Waals surface area contributed by atoms with Crippen LogP contribution in [0, 0.1) is 5.82 Å². The number of benzene rings is 2. The minimum Gasteiger partial charge on any atom is -0.376 e. The summed E-state index contributed by atoms with van der Waals surface area (Å²) in [6.07, 6.45) is 2.09. The van der Waals surface area contributed by atoms with Gasteiger partial charge in [0.15, 0.2) is 11.0 Å². The molecular formula is C23H25FN4O2S. The monoisotopic (exact) mass is 440 g/mol. The maximum absolute atomic E-state index is 13.4. The van der Waals surface area contributed by atoms with Crippen molar-refractivity contribution in [3.63, 3.8) is 0 Å². The third-order valence-corrected chi connectivity index (χ3v) is 6.21. The van der Waals surface area contributed by atoms with E-state index in [2.05, 4.69) is 15.5 Å². The number of ether oxygens (including phenoxy) is 1. The first kappa shape index (κ1) is 21.5. The second-order valence-electron chi connectivity index (χ2n) is 7.55. The zero-order chi connectivity index (χ0) is 21.6. The topological polar surface area (TPSA) is 69.0 Å². The third-order valence-electron chi connectivity index (χ3n) is 5.24. The summed E-state index contributed by atoms with van der Waals surface area (Å²) in [5, 5.41) is 12.3. The number of hydrogen-bond acceptors (Lipinski definition) is 5. The average molecular weight is 441 g/mol. The van der Waals surface area contributed by atoms with Crippen LogP contribution in [0.15, 0.2) is 59.8 Å². The maximum Gasteiger partial charge on any atom is 0.230 e. The molecule has 8 heteroatoms. The van der Waals surface area contributed by atoms with E-state index >= 15 is 0 Å². The first-order valence-electron chi connectivity index (χ1n) is 10.4. The molecule has 0 aliphatic carbocycles. The minimum absolute atomic E-state index is 0.0728. The van der Waals surface area contributed by atoms with Crippen LogP contribution in [0.3, 0.4) is 0 Å². The molecule has 0 unspecified atom stereocenters. The van der Waals surface area contributed by atoms with Crippen molar-refractivity contribution in [2.75, 3.05) is 12.4 Å². The maximum atomic E-state index is 13.4. The Morgan fingerprint density at radius 2 is 2.00 bits per heavy atom. The number of rotatable bonds is 8. The van der Waals surface area contributed by atoms with Gasteiger partial charge in [0, 0.05) is 12.2 Å². The van der Waals surface area contributed by atoms with Crippen molar-refractivity contribution in [1.29, 1.82) is 0 Å². The van der Waals surface area contributed by atoms with Crippen LogP contribution in [-0.2, 0) is 16.1 Å². The Kier molecular flexibility index (Phi) is 6.99. The molecule has 6 nitrogen and oxygen atoms in total. The van der Waals surface area contributed by atoms with Gasteiger partial charge >= 0.3 is 0 Å². The normalized spacial score (nSPS) is 16.9. The number of amides is 1. The number of halogens is 1. The van der Waals surface area contributed by atoms with E-state index in [9.17, 15) is 9.18 Å². The van der Waals surface area contributed by atoms with E-state index in [-0.39, 0.29) is 29.6 Å². The molecule has 1 N–H and O–H groups in total. The van der Waals surface area contributed by atoms with Crippen LogP contribution >= 0.6 is 11.8 Å². The van der Waals surface area contributed by atoms with Crippen LogP contribution < -0.4 is 5.32 Å². The lowest BCUT2D eigenvalue weighted by atomic mass is 10.1. The molecule has 2 aromatic carbocycles. The Morgan fingerprint density at radius 1 is 1.23 bits per heavy atom. The molecule has 2 atom stereocenters. The highest BCUT2D eigenvalue weighted by Gasteiger charge is 2.22. The molecule has 1 saturated heterocycles. The summed E-state index contributed by atoms with van der Waals surface area (Å²) in [4.78, 5) is 12.5. The summed E-state index contributed by atoms with van der Waals surface area (Å²) in [6, 6.07) is 16.0. The highest BCUT2D eigenvalue weighted by atomic mass is 32.2. The highest BCUT2D eigenvalue weighted by Crippen LogP contribution is 2.27. The van der Waals surface area contributed by atoms with Gasteiger partial charge in [-0.3, -0.25) is 9.36 Å². The van der Waals surface area contributed by atoms with Gasteiger partial charge in [-0.05, 0) is 49.6 Å². The summed E-state index contributed by atoms with van der Waals surface area (Å²) in [5.41, 5.74) is 1.84. The van der Waals surface area contributed by atoms with Gasteiger partial charge in [-0.2, -0.15) is 0 Å². The van der Waals surface area contributed by atoms with Gasteiger partial charge in [0.05, 0.1) is 24.4 Å². The Morgan fingerprint density at radius 3 is 2.71 bits per heavy atom. The smallest absolute Gasteiger partial charge is 0.230 e. The Labute approximate surface area is 185 Å². The lowest BCUT2D eigenvalue weighted by Crippen LogP contribution is -2.28. The number of hydrogen-bond donors (Lipinski definition) is 1. The first-order chi connectivity index (χ1) is 15.1. The predicted molar refractivity (Wildman–Crippen MR) is 118 cm³/mol. The molecule has 2 heterocycles. The third kappa shape index (κ3) is 5.51. The van der Waals surface area contributed by atoms with E-state index in [4.69, 9.17) is 4.74 Å². The van der Waals surface area contributed by atoms with Gasteiger partial charge in [0.25, 0.3) is 0 Å². The summed E-state index contributed by atoms with van der Waals surface area (Å²) in [6.45, 7) is 3.31. The quantitative estimate of drug-likeness (QED) is 0.531. The lowest BCUT2D eigenvalue weighted by molar-refractivity contribution is -0.119. The van der Waals surface area contributed by atoms with Crippen LogP contribution in [0.4, 0.5) is 4.39 Å². The Bertz CT molecular complexity index is 1000. The predicted octanol–water partition coefficient (Wildman–Crippen LogP) is 4.23. The molecule has 162 valence electrons. The number of nitrogens with one attached hydrogen (secondary N) is 1. The Balaban J connectivity index is 1.46. The number of nitrogens with zero attached hydrogens (tertiary/aromatic N) is 3. The molecule has 4 rings (SSSR count). The van der Waals surface area contributed by atoms with Crippen LogP contribution in [0.25, 0.3) is 11.4 Å². The van der Waals surface area contributed by atoms with Gasteiger partial charge in [-0.1, -0.05) is 42.1 Å². The number of aromatic nitrogens is 3. The molecule has 0 spiro atoms. The van der Waals surface area contributed by atoms with Crippen molar-refractivity contribution < 1.29 is 13.9 Å². The molecule has 1 aromatic heterocycles. The summed E-state index contributed by atoms with van der Waals surface area (Å²) in [7, 11) is 0. The van der Waals surface area contributed by atoms with Crippen LogP contribution in [0.5, 0.6) is 0 Å². The zero-order valence-electron chi connectivity index (χ0n) is 17.3. The van der Waals surface area contributed by atoms with Gasteiger partial charge in [0.2, 0.25) is 5.91 Å². The number of thioether (sulfide) groups is 1. The fraction of sp³-hybridized carbons (Fsp3) is 0.348. The summed E-state index contributed by atoms with van der Waals surface area (Å²) >= 11 is 1.34. The highest BCUT2D eigenvalue weighted by molar-refractivity contribution is 7.99. The van der Waals surface area contributed by atoms with Crippen molar-refractivity contribution in [2.45, 2.75) is 43.6 Å². The van der Waals surface area contributed by atoms with Gasteiger partial charge in [-0.25, -0.2) is 4.39 Å². The summed E-state index contributed by atoms with van der Waals surface area (Å²) < 4.78 is 21.1.